The van der Waals surface area contributed by atoms with Crippen LogP contribution >= 0.6 is 11.6 Å². The van der Waals surface area contributed by atoms with Gasteiger partial charge in [0.05, 0.1) is 0 Å². The van der Waals surface area contributed by atoms with Crippen LogP contribution in [0.4, 0.5) is 8.78 Å². The van der Waals surface area contributed by atoms with Crippen LogP contribution in [0.3, 0.4) is 0 Å². The van der Waals surface area contributed by atoms with Crippen molar-refractivity contribution >= 4 is 11.6 Å². The topological polar surface area (TPSA) is 9.23 Å². The molecule has 0 aromatic heterocycles. The Bertz CT molecular complexity index is 561. The highest BCUT2D eigenvalue weighted by molar-refractivity contribution is 6.17. The van der Waals surface area contributed by atoms with Crippen LogP contribution in [0.2, 0.25) is 0 Å². The minimum absolute atomic E-state index is 0.0552. The fourth-order valence-corrected chi connectivity index (χ4v) is 1.95. The summed E-state index contributed by atoms with van der Waals surface area (Å²) in [6.45, 7) is 1.95. The van der Waals surface area contributed by atoms with Gasteiger partial charge in [0.2, 0.25) is 0 Å². The summed E-state index contributed by atoms with van der Waals surface area (Å²) in [5.74, 6) is -1.38. The lowest BCUT2D eigenvalue weighted by Crippen LogP contribution is -1.97. The number of halogens is 3. The number of hydrogen-bond donors (Lipinski definition) is 0. The second-order valence-electron chi connectivity index (χ2n) is 4.09. The fraction of sp³-hybridized carbons (Fsp3) is 0.200. The van der Waals surface area contributed by atoms with Crippen LogP contribution in [0.15, 0.2) is 36.4 Å². The van der Waals surface area contributed by atoms with E-state index in [4.69, 9.17) is 16.3 Å². The van der Waals surface area contributed by atoms with Crippen molar-refractivity contribution < 1.29 is 13.5 Å². The average molecular weight is 283 g/mol. The van der Waals surface area contributed by atoms with Gasteiger partial charge < -0.3 is 4.74 Å². The fourth-order valence-electron chi connectivity index (χ4n) is 1.79. The van der Waals surface area contributed by atoms with Crippen molar-refractivity contribution in [2.75, 3.05) is 0 Å². The molecule has 100 valence electrons. The van der Waals surface area contributed by atoms with Gasteiger partial charge >= 0.3 is 0 Å². The molecule has 19 heavy (non-hydrogen) atoms. The summed E-state index contributed by atoms with van der Waals surface area (Å²) in [4.78, 5) is 0. The Kier molecular flexibility index (Phi) is 4.38. The molecule has 0 spiro atoms. The van der Waals surface area contributed by atoms with E-state index in [9.17, 15) is 8.78 Å². The molecule has 0 saturated heterocycles. The van der Waals surface area contributed by atoms with Gasteiger partial charge in [0.15, 0.2) is 17.4 Å². The quantitative estimate of drug-likeness (QED) is 0.712. The van der Waals surface area contributed by atoms with Gasteiger partial charge in [-0.3, -0.25) is 0 Å². The molecule has 4 heteroatoms. The molecular weight excluding hydrogens is 270 g/mol. The highest BCUT2D eigenvalue weighted by Gasteiger charge is 2.14. The van der Waals surface area contributed by atoms with Crippen molar-refractivity contribution in [2.45, 2.75) is 19.2 Å². The number of para-hydroxylation sites is 1. The molecule has 0 radical (unpaired) electrons. The van der Waals surface area contributed by atoms with Gasteiger partial charge in [-0.25, -0.2) is 8.78 Å². The second kappa shape index (κ2) is 6.02. The molecule has 0 bridgehead atoms. The number of aryl methyl sites for hydroxylation is 1. The number of hydrogen-bond acceptors (Lipinski definition) is 1. The molecule has 2 rings (SSSR count). The van der Waals surface area contributed by atoms with Crippen molar-refractivity contribution in [3.05, 3.63) is 59.2 Å². The van der Waals surface area contributed by atoms with E-state index >= 15 is 0 Å². The highest BCUT2D eigenvalue weighted by atomic mass is 35.5. The van der Waals surface area contributed by atoms with Gasteiger partial charge in [0, 0.05) is 5.88 Å². The summed E-state index contributed by atoms with van der Waals surface area (Å²) in [5, 5.41) is 0. The summed E-state index contributed by atoms with van der Waals surface area (Å²) in [6, 6.07) is 9.53. The summed E-state index contributed by atoms with van der Waals surface area (Å²) >= 11 is 5.56. The summed E-state index contributed by atoms with van der Waals surface area (Å²) < 4.78 is 33.0. The molecule has 0 atom stereocenters. The van der Waals surface area contributed by atoms with Crippen molar-refractivity contribution in [3.8, 4) is 11.5 Å². The third kappa shape index (κ3) is 3.04. The minimum atomic E-state index is -0.749. The van der Waals surface area contributed by atoms with Gasteiger partial charge in [-0.05, 0) is 35.7 Å². The standard InChI is InChI=1S/C15H13ClF2O/c1-2-11-5-3-4-6-14(11)19-15-12(17)7-10(9-16)8-13(15)18/h3-8H,2,9H2,1H3. The predicted molar refractivity (Wildman–Crippen MR) is 71.8 cm³/mol. The lowest BCUT2D eigenvalue weighted by atomic mass is 10.1. The molecule has 0 unspecified atom stereocenters. The molecule has 0 N–H and O–H groups in total. The SMILES string of the molecule is CCc1ccccc1Oc1c(F)cc(CCl)cc1F. The van der Waals surface area contributed by atoms with E-state index in [0.717, 1.165) is 12.0 Å². The maximum Gasteiger partial charge on any atom is 0.198 e. The first-order valence-electron chi connectivity index (χ1n) is 5.95. The van der Waals surface area contributed by atoms with Crippen LogP contribution in [0.25, 0.3) is 0 Å². The monoisotopic (exact) mass is 282 g/mol. The second-order valence-corrected chi connectivity index (χ2v) is 4.35. The van der Waals surface area contributed by atoms with Gasteiger partial charge in [0.1, 0.15) is 5.75 Å². The van der Waals surface area contributed by atoms with Crippen LogP contribution in [-0.4, -0.2) is 0 Å². The molecule has 0 aliphatic rings. The van der Waals surface area contributed by atoms with Gasteiger partial charge in [0.25, 0.3) is 0 Å². The smallest absolute Gasteiger partial charge is 0.198 e. The molecule has 0 saturated carbocycles. The third-order valence-corrected chi connectivity index (χ3v) is 3.09. The first kappa shape index (κ1) is 13.8. The zero-order valence-corrected chi connectivity index (χ0v) is 11.2. The highest BCUT2D eigenvalue weighted by Crippen LogP contribution is 2.31. The average Bonchev–Trinajstić information content (AvgIpc) is 2.43. The largest absolute Gasteiger partial charge is 0.451 e. The Morgan fingerprint density at radius 2 is 1.74 bits per heavy atom. The molecule has 1 nitrogen and oxygen atoms in total. The number of rotatable bonds is 4. The number of ether oxygens (including phenoxy) is 1. The summed E-state index contributed by atoms with van der Waals surface area (Å²) in [7, 11) is 0. The van der Waals surface area contributed by atoms with E-state index < -0.39 is 17.4 Å². The van der Waals surface area contributed by atoms with E-state index in [-0.39, 0.29) is 5.88 Å². The van der Waals surface area contributed by atoms with Crippen molar-refractivity contribution in [1.29, 1.82) is 0 Å². The molecule has 2 aromatic rings. The molecule has 0 aliphatic carbocycles. The first-order valence-corrected chi connectivity index (χ1v) is 6.48. The maximum atomic E-state index is 13.8. The van der Waals surface area contributed by atoms with Crippen LogP contribution in [0, 0.1) is 11.6 Å². The summed E-state index contributed by atoms with van der Waals surface area (Å²) in [6.07, 6.45) is 0.721. The molecule has 0 heterocycles. The number of alkyl halides is 1. The van der Waals surface area contributed by atoms with Gasteiger partial charge in [-0.2, -0.15) is 0 Å². The molecule has 2 aromatic carbocycles. The van der Waals surface area contributed by atoms with E-state index in [1.165, 1.54) is 12.1 Å². The Morgan fingerprint density at radius 3 is 2.32 bits per heavy atom. The predicted octanol–water partition coefficient (Wildman–Crippen LogP) is 5.06. The first-order chi connectivity index (χ1) is 9.15. The Hall–Kier alpha value is -1.61. The van der Waals surface area contributed by atoms with E-state index in [1.807, 2.05) is 19.1 Å². The molecule has 0 fully saturated rings. The molecule has 0 aliphatic heterocycles. The maximum absolute atomic E-state index is 13.8. The van der Waals surface area contributed by atoms with Crippen LogP contribution in [0.5, 0.6) is 11.5 Å². The van der Waals surface area contributed by atoms with Crippen LogP contribution < -0.4 is 4.74 Å². The lowest BCUT2D eigenvalue weighted by molar-refractivity contribution is 0.403. The zero-order chi connectivity index (χ0) is 13.8. The number of benzene rings is 2. The van der Waals surface area contributed by atoms with Crippen LogP contribution in [-0.2, 0) is 12.3 Å². The Balaban J connectivity index is 2.38. The molecular formula is C15H13ClF2O. The van der Waals surface area contributed by atoms with Gasteiger partial charge in [-0.1, -0.05) is 25.1 Å². The normalized spacial score (nSPS) is 10.5. The van der Waals surface area contributed by atoms with Crippen LogP contribution in [0.1, 0.15) is 18.1 Å². The van der Waals surface area contributed by atoms with Crippen molar-refractivity contribution in [3.63, 3.8) is 0 Å². The molecule has 0 amide bonds. The zero-order valence-electron chi connectivity index (χ0n) is 10.4. The third-order valence-electron chi connectivity index (χ3n) is 2.78. The minimum Gasteiger partial charge on any atom is -0.451 e. The van der Waals surface area contributed by atoms with Crippen molar-refractivity contribution in [2.24, 2.45) is 0 Å². The Labute approximate surface area is 115 Å². The van der Waals surface area contributed by atoms with E-state index in [0.29, 0.717) is 11.3 Å². The van der Waals surface area contributed by atoms with Gasteiger partial charge in [-0.15, -0.1) is 11.6 Å². The van der Waals surface area contributed by atoms with E-state index in [1.54, 1.807) is 12.1 Å². The summed E-state index contributed by atoms with van der Waals surface area (Å²) in [5.41, 5.74) is 1.27. The lowest BCUT2D eigenvalue weighted by Gasteiger charge is -2.12. The van der Waals surface area contributed by atoms with E-state index in [2.05, 4.69) is 0 Å². The van der Waals surface area contributed by atoms with Crippen molar-refractivity contribution in [1.82, 2.24) is 0 Å². The Morgan fingerprint density at radius 1 is 1.11 bits per heavy atom.